The van der Waals surface area contributed by atoms with Crippen molar-refractivity contribution in [2.45, 2.75) is 13.0 Å². The van der Waals surface area contributed by atoms with Crippen molar-refractivity contribution in [2.24, 2.45) is 0 Å². The lowest BCUT2D eigenvalue weighted by Crippen LogP contribution is -2.28. The molecule has 10 heteroatoms. The van der Waals surface area contributed by atoms with Crippen LogP contribution in [0.15, 0.2) is 35.2 Å². The molecule has 1 amide bonds. The minimum Gasteiger partial charge on any atom is -0.342 e. The van der Waals surface area contributed by atoms with Crippen LogP contribution in [0.1, 0.15) is 34.0 Å². The van der Waals surface area contributed by atoms with E-state index in [1.165, 1.54) is 28.5 Å². The second-order valence-corrected chi connectivity index (χ2v) is 8.17. The monoisotopic (exact) mass is 528 g/mol. The molecule has 0 aliphatic rings. The number of halogens is 2. The van der Waals surface area contributed by atoms with Crippen LogP contribution in [0.5, 0.6) is 0 Å². The molecule has 0 radical (unpaired) electrons. The van der Waals surface area contributed by atoms with Gasteiger partial charge in [0, 0.05) is 13.6 Å². The van der Waals surface area contributed by atoms with Crippen molar-refractivity contribution in [3.05, 3.63) is 55.0 Å². The van der Waals surface area contributed by atoms with E-state index in [1.54, 1.807) is 12.1 Å². The van der Waals surface area contributed by atoms with E-state index in [2.05, 4.69) is 58.9 Å². The summed E-state index contributed by atoms with van der Waals surface area (Å²) in [6, 6.07) is 7.14. The Labute approximate surface area is 169 Å². The molecule has 25 heavy (non-hydrogen) atoms. The van der Waals surface area contributed by atoms with Crippen LogP contribution in [-0.2, 0) is 0 Å². The summed E-state index contributed by atoms with van der Waals surface area (Å²) in [4.78, 5) is 21.4. The molecule has 0 fully saturated rings. The fraction of sp³-hybridized carbons (Fsp3) is 0.133. The largest absolute Gasteiger partial charge is 0.342 e. The van der Waals surface area contributed by atoms with Gasteiger partial charge in [0.1, 0.15) is 17.3 Å². The lowest BCUT2D eigenvalue weighted by molar-refractivity contribution is 0.0937. The summed E-state index contributed by atoms with van der Waals surface area (Å²) < 4.78 is 3.33. The van der Waals surface area contributed by atoms with Gasteiger partial charge in [0.15, 0.2) is 5.82 Å². The Morgan fingerprint density at radius 3 is 2.92 bits per heavy atom. The van der Waals surface area contributed by atoms with E-state index in [9.17, 15) is 4.79 Å². The van der Waals surface area contributed by atoms with E-state index in [0.717, 1.165) is 8.04 Å². The number of nitrogens with one attached hydrogen (secondary N) is 1. The molecule has 1 unspecified atom stereocenters. The normalized spacial score (nSPS) is 11.8. The standard InChI is InChI=1S/C15H10BrIN6OS/c1-8(22-14(24)9-2-10(16)4-11(17)3-9)13-20-7-21-23(13)15-19-6-12(5-18)25-15/h2-4,6-8H,1H3,(H,22,24). The van der Waals surface area contributed by atoms with Gasteiger partial charge in [0.2, 0.25) is 5.13 Å². The number of thiazole rings is 1. The van der Waals surface area contributed by atoms with Crippen LogP contribution in [-0.4, -0.2) is 25.7 Å². The highest BCUT2D eigenvalue weighted by Crippen LogP contribution is 2.21. The third kappa shape index (κ3) is 4.05. The van der Waals surface area contributed by atoms with Crippen molar-refractivity contribution < 1.29 is 4.79 Å². The topological polar surface area (TPSA) is 96.5 Å². The molecule has 7 nitrogen and oxygen atoms in total. The maximum Gasteiger partial charge on any atom is 0.251 e. The van der Waals surface area contributed by atoms with Crippen LogP contribution in [0.3, 0.4) is 0 Å². The molecule has 1 atom stereocenters. The van der Waals surface area contributed by atoms with Gasteiger partial charge in [0.05, 0.1) is 12.2 Å². The Bertz CT molecular complexity index is 958. The van der Waals surface area contributed by atoms with Crippen LogP contribution < -0.4 is 5.32 Å². The SMILES string of the molecule is CC(NC(=O)c1cc(Br)cc(I)c1)c1ncnn1-c1ncc(C#N)s1. The lowest BCUT2D eigenvalue weighted by atomic mass is 10.2. The number of hydrogen-bond donors (Lipinski definition) is 1. The first-order valence-electron chi connectivity index (χ1n) is 7.01. The van der Waals surface area contributed by atoms with E-state index in [4.69, 9.17) is 5.26 Å². The first kappa shape index (κ1) is 18.0. The second-order valence-electron chi connectivity index (χ2n) is 5.00. The number of hydrogen-bond acceptors (Lipinski definition) is 6. The Morgan fingerprint density at radius 2 is 2.24 bits per heavy atom. The summed E-state index contributed by atoms with van der Waals surface area (Å²) in [5.74, 6) is 0.329. The van der Waals surface area contributed by atoms with Crippen molar-refractivity contribution in [1.82, 2.24) is 25.1 Å². The maximum atomic E-state index is 12.5. The van der Waals surface area contributed by atoms with Gasteiger partial charge < -0.3 is 5.32 Å². The molecule has 3 rings (SSSR count). The fourth-order valence-corrected chi connectivity index (χ4v) is 4.41. The van der Waals surface area contributed by atoms with Crippen molar-refractivity contribution in [3.8, 4) is 11.2 Å². The minimum absolute atomic E-state index is 0.210. The Balaban J connectivity index is 1.82. The quantitative estimate of drug-likeness (QED) is 0.523. The fourth-order valence-electron chi connectivity index (χ4n) is 2.14. The van der Waals surface area contributed by atoms with Gasteiger partial charge in [-0.05, 0) is 47.7 Å². The van der Waals surface area contributed by atoms with E-state index in [0.29, 0.717) is 21.4 Å². The third-order valence-electron chi connectivity index (χ3n) is 3.22. The van der Waals surface area contributed by atoms with Crippen molar-refractivity contribution in [2.75, 3.05) is 0 Å². The molecule has 0 aliphatic carbocycles. The summed E-state index contributed by atoms with van der Waals surface area (Å²) in [5, 5.41) is 16.5. The van der Waals surface area contributed by atoms with Crippen LogP contribution in [0, 0.1) is 14.9 Å². The van der Waals surface area contributed by atoms with Crippen LogP contribution in [0.25, 0.3) is 5.13 Å². The number of rotatable bonds is 4. The van der Waals surface area contributed by atoms with Crippen LogP contribution in [0.2, 0.25) is 0 Å². The molecule has 0 saturated heterocycles. The second kappa shape index (κ2) is 7.59. The van der Waals surface area contributed by atoms with Crippen LogP contribution in [0.4, 0.5) is 0 Å². The first-order chi connectivity index (χ1) is 12.0. The number of nitrogens with zero attached hydrogens (tertiary/aromatic N) is 5. The Morgan fingerprint density at radius 1 is 1.44 bits per heavy atom. The molecule has 1 N–H and O–H groups in total. The van der Waals surface area contributed by atoms with E-state index < -0.39 is 0 Å². The summed E-state index contributed by atoms with van der Waals surface area (Å²) in [7, 11) is 0. The number of amides is 1. The van der Waals surface area contributed by atoms with Crippen molar-refractivity contribution in [1.29, 1.82) is 5.26 Å². The Kier molecular flexibility index (Phi) is 5.45. The van der Waals surface area contributed by atoms with Gasteiger partial charge in [-0.3, -0.25) is 4.79 Å². The van der Waals surface area contributed by atoms with Crippen molar-refractivity contribution >= 4 is 55.8 Å². The summed E-state index contributed by atoms with van der Waals surface area (Å²) in [5.41, 5.74) is 0.553. The van der Waals surface area contributed by atoms with Gasteiger partial charge in [-0.25, -0.2) is 9.97 Å². The lowest BCUT2D eigenvalue weighted by Gasteiger charge is -2.14. The molecular formula is C15H10BrIN6OS. The number of benzene rings is 1. The highest BCUT2D eigenvalue weighted by Gasteiger charge is 2.19. The molecule has 0 bridgehead atoms. The summed E-state index contributed by atoms with van der Waals surface area (Å²) in [6.45, 7) is 1.82. The van der Waals surface area contributed by atoms with E-state index in [1.807, 2.05) is 19.1 Å². The molecule has 0 spiro atoms. The summed E-state index contributed by atoms with van der Waals surface area (Å²) >= 11 is 6.76. The third-order valence-corrected chi connectivity index (χ3v) is 5.18. The highest BCUT2D eigenvalue weighted by atomic mass is 127. The highest BCUT2D eigenvalue weighted by molar-refractivity contribution is 14.1. The van der Waals surface area contributed by atoms with E-state index >= 15 is 0 Å². The zero-order chi connectivity index (χ0) is 18.0. The minimum atomic E-state index is -0.388. The zero-order valence-electron chi connectivity index (χ0n) is 12.8. The predicted octanol–water partition coefficient (Wildman–Crippen LogP) is 3.45. The van der Waals surface area contributed by atoms with Gasteiger partial charge >= 0.3 is 0 Å². The van der Waals surface area contributed by atoms with Crippen LogP contribution >= 0.6 is 49.9 Å². The molecule has 126 valence electrons. The molecule has 1 aromatic carbocycles. The Hall–Kier alpha value is -1.84. The molecule has 0 saturated carbocycles. The number of carbonyl (C=O) groups excluding carboxylic acids is 1. The average Bonchev–Trinajstić information content (AvgIpc) is 3.22. The molecular weight excluding hydrogens is 519 g/mol. The van der Waals surface area contributed by atoms with E-state index in [-0.39, 0.29) is 11.9 Å². The van der Waals surface area contributed by atoms with Gasteiger partial charge in [0.25, 0.3) is 5.91 Å². The zero-order valence-corrected chi connectivity index (χ0v) is 17.3. The number of nitriles is 1. The van der Waals surface area contributed by atoms with Gasteiger partial charge in [-0.1, -0.05) is 27.3 Å². The van der Waals surface area contributed by atoms with Crippen molar-refractivity contribution in [3.63, 3.8) is 0 Å². The molecule has 2 heterocycles. The first-order valence-corrected chi connectivity index (χ1v) is 9.70. The molecule has 2 aromatic heterocycles. The van der Waals surface area contributed by atoms with Gasteiger partial charge in [-0.15, -0.1) is 0 Å². The summed E-state index contributed by atoms with van der Waals surface area (Å²) in [6.07, 6.45) is 2.88. The van der Waals surface area contributed by atoms with Gasteiger partial charge in [-0.2, -0.15) is 15.0 Å². The smallest absolute Gasteiger partial charge is 0.251 e. The number of aromatic nitrogens is 4. The number of carbonyl (C=O) groups is 1. The molecule has 0 aliphatic heterocycles. The molecule has 3 aromatic rings. The average molecular weight is 529 g/mol. The maximum absolute atomic E-state index is 12.5. The predicted molar refractivity (Wildman–Crippen MR) is 104 cm³/mol.